The predicted octanol–water partition coefficient (Wildman–Crippen LogP) is 5.87. The molecule has 0 aliphatic heterocycles. The summed E-state index contributed by atoms with van der Waals surface area (Å²) in [5, 5.41) is 10.8. The van der Waals surface area contributed by atoms with Crippen LogP contribution in [-0.4, -0.2) is 24.4 Å². The van der Waals surface area contributed by atoms with E-state index in [0.717, 1.165) is 37.5 Å². The zero-order chi connectivity index (χ0) is 20.2. The standard InChI is InChI=1S/C25H48BNO/c1-4-25(23(18-27)26-24(2,3)28)21-16-12-7-5-6-10-14-19(21)20-15-11-8-9-13-17-22(20)25/h19-23,26,28H,4-18,27H2,1-3H3. The SMILES string of the molecule is CCC1(C(BC(C)(C)O)CN)C2CCCCCCCC2C2CCCCCCC21. The molecule has 0 bridgehead atoms. The molecule has 3 aliphatic carbocycles. The summed E-state index contributed by atoms with van der Waals surface area (Å²) in [6.45, 7) is 7.23. The summed E-state index contributed by atoms with van der Waals surface area (Å²) in [7, 11) is 0.879. The van der Waals surface area contributed by atoms with Crippen LogP contribution >= 0.6 is 0 Å². The highest BCUT2D eigenvalue weighted by Crippen LogP contribution is 2.67. The topological polar surface area (TPSA) is 46.2 Å². The van der Waals surface area contributed by atoms with Crippen LogP contribution in [-0.2, 0) is 0 Å². The van der Waals surface area contributed by atoms with E-state index in [1.54, 1.807) is 0 Å². The van der Waals surface area contributed by atoms with Crippen LogP contribution in [0.1, 0.15) is 111 Å². The fourth-order valence-electron chi connectivity index (χ4n) is 8.35. The Morgan fingerprint density at radius 1 is 0.857 bits per heavy atom. The van der Waals surface area contributed by atoms with Crippen LogP contribution in [0.5, 0.6) is 0 Å². The average molecular weight is 389 g/mol. The minimum Gasteiger partial charge on any atom is -0.399 e. The van der Waals surface area contributed by atoms with Crippen LogP contribution < -0.4 is 5.73 Å². The first-order chi connectivity index (χ1) is 13.4. The van der Waals surface area contributed by atoms with Gasteiger partial charge in [-0.2, -0.15) is 0 Å². The van der Waals surface area contributed by atoms with Gasteiger partial charge in [0.05, 0.1) is 0 Å². The summed E-state index contributed by atoms with van der Waals surface area (Å²) in [4.78, 5) is 0. The van der Waals surface area contributed by atoms with E-state index in [1.165, 1.54) is 89.9 Å². The first kappa shape index (κ1) is 22.7. The number of hydrogen-bond acceptors (Lipinski definition) is 2. The maximum absolute atomic E-state index is 10.8. The predicted molar refractivity (Wildman–Crippen MR) is 123 cm³/mol. The van der Waals surface area contributed by atoms with Gasteiger partial charge in [0.1, 0.15) is 0 Å². The molecule has 0 aromatic carbocycles. The first-order valence-electron chi connectivity index (χ1n) is 12.9. The van der Waals surface area contributed by atoms with Crippen LogP contribution in [0.25, 0.3) is 0 Å². The molecule has 0 amide bonds. The summed E-state index contributed by atoms with van der Waals surface area (Å²) in [5.74, 6) is 4.03. The lowest BCUT2D eigenvalue weighted by Gasteiger charge is -2.49. The van der Waals surface area contributed by atoms with Gasteiger partial charge in [-0.05, 0) is 81.0 Å². The van der Waals surface area contributed by atoms with Crippen LogP contribution in [0.15, 0.2) is 0 Å². The Hall–Kier alpha value is -0.0151. The monoisotopic (exact) mass is 389 g/mol. The van der Waals surface area contributed by atoms with E-state index >= 15 is 0 Å². The van der Waals surface area contributed by atoms with Crippen LogP contribution in [0.2, 0.25) is 5.82 Å². The van der Waals surface area contributed by atoms with Crippen molar-refractivity contribution in [2.45, 2.75) is 122 Å². The largest absolute Gasteiger partial charge is 0.399 e. The molecule has 3 rings (SSSR count). The molecule has 6 unspecified atom stereocenters. The molecule has 162 valence electrons. The summed E-state index contributed by atoms with van der Waals surface area (Å²) in [6, 6.07) is 0. The van der Waals surface area contributed by atoms with Gasteiger partial charge < -0.3 is 10.8 Å². The van der Waals surface area contributed by atoms with E-state index < -0.39 is 5.50 Å². The highest BCUT2D eigenvalue weighted by atomic mass is 16.3. The smallest absolute Gasteiger partial charge is 0.165 e. The second-order valence-corrected chi connectivity index (χ2v) is 11.3. The lowest BCUT2D eigenvalue weighted by Crippen LogP contribution is -2.48. The third-order valence-corrected chi connectivity index (χ3v) is 9.22. The van der Waals surface area contributed by atoms with E-state index in [9.17, 15) is 5.11 Å². The van der Waals surface area contributed by atoms with E-state index in [4.69, 9.17) is 5.73 Å². The Bertz CT molecular complexity index is 476. The number of aliphatic hydroxyl groups is 1. The van der Waals surface area contributed by atoms with Crippen molar-refractivity contribution in [1.29, 1.82) is 0 Å². The van der Waals surface area contributed by atoms with Gasteiger partial charge in [-0.1, -0.05) is 71.1 Å². The molecule has 0 spiro atoms. The Morgan fingerprint density at radius 3 is 1.68 bits per heavy atom. The maximum atomic E-state index is 10.8. The third kappa shape index (κ3) is 4.66. The van der Waals surface area contributed by atoms with Gasteiger partial charge in [0.2, 0.25) is 0 Å². The molecular weight excluding hydrogens is 341 g/mol. The second-order valence-electron chi connectivity index (χ2n) is 11.3. The van der Waals surface area contributed by atoms with Crippen molar-refractivity contribution >= 4 is 7.28 Å². The minimum absolute atomic E-state index is 0.367. The van der Waals surface area contributed by atoms with Gasteiger partial charge in [-0.15, -0.1) is 0 Å². The van der Waals surface area contributed by atoms with Crippen molar-refractivity contribution in [2.24, 2.45) is 34.8 Å². The van der Waals surface area contributed by atoms with Crippen LogP contribution in [0.4, 0.5) is 0 Å². The summed E-state index contributed by atoms with van der Waals surface area (Å²) in [5.41, 5.74) is 6.28. The summed E-state index contributed by atoms with van der Waals surface area (Å²) < 4.78 is 0. The minimum atomic E-state index is -0.611. The normalized spacial score (nSPS) is 38.8. The summed E-state index contributed by atoms with van der Waals surface area (Å²) >= 11 is 0. The number of rotatable bonds is 5. The summed E-state index contributed by atoms with van der Waals surface area (Å²) in [6.07, 6.45) is 20.0. The van der Waals surface area contributed by atoms with Gasteiger partial charge in [-0.25, -0.2) is 0 Å². The van der Waals surface area contributed by atoms with Gasteiger partial charge in [0, 0.05) is 5.50 Å². The maximum Gasteiger partial charge on any atom is 0.165 e. The quantitative estimate of drug-likeness (QED) is 0.578. The van der Waals surface area contributed by atoms with Crippen LogP contribution in [0, 0.1) is 29.1 Å². The molecule has 0 aromatic rings. The highest BCUT2D eigenvalue weighted by molar-refractivity contribution is 6.41. The molecule has 6 atom stereocenters. The number of fused-ring (bicyclic) bond motifs is 3. The molecule has 3 heteroatoms. The average Bonchev–Trinajstić information content (AvgIpc) is 2.92. The molecule has 2 nitrogen and oxygen atoms in total. The molecule has 28 heavy (non-hydrogen) atoms. The molecule has 3 aliphatic rings. The van der Waals surface area contributed by atoms with E-state index in [2.05, 4.69) is 6.92 Å². The Labute approximate surface area is 176 Å². The molecule has 3 saturated carbocycles. The van der Waals surface area contributed by atoms with Gasteiger partial charge >= 0.3 is 0 Å². The van der Waals surface area contributed by atoms with Gasteiger partial charge in [0.25, 0.3) is 0 Å². The van der Waals surface area contributed by atoms with E-state index in [-0.39, 0.29) is 0 Å². The lowest BCUT2D eigenvalue weighted by atomic mass is 9.41. The Balaban J connectivity index is 2.02. The van der Waals surface area contributed by atoms with Crippen molar-refractivity contribution in [3.8, 4) is 0 Å². The molecule has 3 N–H and O–H groups in total. The molecule has 0 aromatic heterocycles. The van der Waals surface area contributed by atoms with Crippen molar-refractivity contribution in [2.75, 3.05) is 6.54 Å². The Morgan fingerprint density at radius 2 is 1.29 bits per heavy atom. The van der Waals surface area contributed by atoms with E-state index in [1.807, 2.05) is 13.8 Å². The van der Waals surface area contributed by atoms with Crippen molar-refractivity contribution in [1.82, 2.24) is 0 Å². The first-order valence-corrected chi connectivity index (χ1v) is 12.9. The fraction of sp³-hybridized carbons (Fsp3) is 1.00. The van der Waals surface area contributed by atoms with Crippen LogP contribution in [0.3, 0.4) is 0 Å². The lowest BCUT2D eigenvalue weighted by molar-refractivity contribution is 0.0702. The molecular formula is C25H48BNO. The molecule has 0 radical (unpaired) electrons. The second kappa shape index (κ2) is 9.86. The van der Waals surface area contributed by atoms with Gasteiger partial charge in [-0.3, -0.25) is 0 Å². The van der Waals surface area contributed by atoms with E-state index in [0.29, 0.717) is 11.2 Å². The van der Waals surface area contributed by atoms with Gasteiger partial charge in [0.15, 0.2) is 7.28 Å². The number of nitrogens with two attached hydrogens (primary N) is 1. The van der Waals surface area contributed by atoms with Crippen molar-refractivity contribution < 1.29 is 5.11 Å². The molecule has 0 saturated heterocycles. The van der Waals surface area contributed by atoms with Crippen molar-refractivity contribution in [3.05, 3.63) is 0 Å². The zero-order valence-electron chi connectivity index (χ0n) is 19.2. The molecule has 3 fully saturated rings. The Kier molecular flexibility index (Phi) is 7.98. The third-order valence-electron chi connectivity index (χ3n) is 9.22. The number of hydrogen-bond donors (Lipinski definition) is 2. The zero-order valence-corrected chi connectivity index (χ0v) is 19.2. The fourth-order valence-corrected chi connectivity index (χ4v) is 8.35. The van der Waals surface area contributed by atoms with Crippen molar-refractivity contribution in [3.63, 3.8) is 0 Å². The highest BCUT2D eigenvalue weighted by Gasteiger charge is 2.60. The molecule has 0 heterocycles.